The van der Waals surface area contributed by atoms with Crippen LogP contribution in [-0.2, 0) is 24.4 Å². The lowest BCUT2D eigenvalue weighted by Crippen LogP contribution is -2.39. The first-order chi connectivity index (χ1) is 20.8. The number of benzene rings is 4. The fourth-order valence-corrected chi connectivity index (χ4v) is 5.63. The van der Waals surface area contributed by atoms with E-state index in [-0.39, 0.29) is 25.1 Å². The lowest BCUT2D eigenvalue weighted by molar-refractivity contribution is -0.140. The number of aliphatic hydroxyl groups excluding tert-OH is 1. The molecule has 1 aliphatic rings. The highest BCUT2D eigenvalue weighted by atomic mass is 35.5. The average molecular weight is 601 g/mol. The number of fused-ring (bicyclic) bond motifs is 1. The molecule has 3 N–H and O–H groups in total. The van der Waals surface area contributed by atoms with Gasteiger partial charge in [-0.3, -0.25) is 10.1 Å². The van der Waals surface area contributed by atoms with Crippen LogP contribution >= 0.6 is 11.6 Å². The highest BCUT2D eigenvalue weighted by molar-refractivity contribution is 6.32. The monoisotopic (exact) mass is 600 g/mol. The quantitative estimate of drug-likeness (QED) is 0.180. The minimum Gasteiger partial charge on any atom is -0.488 e. The van der Waals surface area contributed by atoms with Gasteiger partial charge in [0.1, 0.15) is 36.1 Å². The van der Waals surface area contributed by atoms with E-state index in [9.17, 15) is 24.7 Å². The van der Waals surface area contributed by atoms with Crippen LogP contribution < -0.4 is 14.8 Å². The minimum absolute atomic E-state index is 0.0579. The van der Waals surface area contributed by atoms with Crippen LogP contribution in [0.5, 0.6) is 11.5 Å². The molecule has 0 aliphatic heterocycles. The molecule has 0 radical (unpaired) electrons. The van der Waals surface area contributed by atoms with Crippen molar-refractivity contribution in [2.24, 2.45) is 0 Å². The van der Waals surface area contributed by atoms with Crippen LogP contribution in [0.3, 0.4) is 0 Å². The molecule has 1 aliphatic carbocycles. The third-order valence-corrected chi connectivity index (χ3v) is 7.74. The summed E-state index contributed by atoms with van der Waals surface area (Å²) in [5.41, 5.74) is 6.16. The number of nitrogens with zero attached hydrogens (tertiary/aromatic N) is 1. The maximum absolute atomic E-state index is 14.6. The zero-order valence-corrected chi connectivity index (χ0v) is 24.2. The van der Waals surface area contributed by atoms with Crippen molar-refractivity contribution in [1.82, 2.24) is 5.32 Å². The SMILES string of the molecule is Cc1cc(C#N)cc(COc2cc(O[C@H]3CCc4c(-c5ccccc5F)cccc43)c(Cl)cc2CN[C@@H](CO)C(=O)O)c1. The fourth-order valence-electron chi connectivity index (χ4n) is 5.40. The summed E-state index contributed by atoms with van der Waals surface area (Å²) < 4.78 is 27.3. The van der Waals surface area contributed by atoms with E-state index in [1.165, 1.54) is 6.07 Å². The van der Waals surface area contributed by atoms with Crippen molar-refractivity contribution in [3.63, 3.8) is 0 Å². The smallest absolute Gasteiger partial charge is 0.323 e. The van der Waals surface area contributed by atoms with E-state index < -0.39 is 18.6 Å². The Morgan fingerprint density at radius 1 is 1.12 bits per heavy atom. The van der Waals surface area contributed by atoms with E-state index in [1.807, 2.05) is 37.3 Å². The Bertz CT molecular complexity index is 1700. The predicted octanol–water partition coefficient (Wildman–Crippen LogP) is 6.51. The van der Waals surface area contributed by atoms with Gasteiger partial charge in [-0.2, -0.15) is 5.26 Å². The molecule has 0 saturated carbocycles. The lowest BCUT2D eigenvalue weighted by Gasteiger charge is -2.20. The molecule has 0 heterocycles. The third kappa shape index (κ3) is 6.81. The number of nitriles is 1. The summed E-state index contributed by atoms with van der Waals surface area (Å²) in [5, 5.41) is 31.3. The number of halogens is 2. The maximum atomic E-state index is 14.6. The van der Waals surface area contributed by atoms with Gasteiger partial charge in [-0.05, 0) is 71.8 Å². The van der Waals surface area contributed by atoms with Crippen molar-refractivity contribution in [3.05, 3.63) is 117 Å². The summed E-state index contributed by atoms with van der Waals surface area (Å²) in [5.74, 6) is -0.675. The molecule has 4 aromatic carbocycles. The second-order valence-corrected chi connectivity index (χ2v) is 10.9. The fraction of sp³-hybridized carbons (Fsp3) is 0.235. The van der Waals surface area contributed by atoms with Gasteiger partial charge in [-0.1, -0.05) is 54.1 Å². The minimum atomic E-state index is -1.19. The van der Waals surface area contributed by atoms with Crippen molar-refractivity contribution in [3.8, 4) is 28.7 Å². The van der Waals surface area contributed by atoms with Gasteiger partial charge < -0.3 is 19.7 Å². The van der Waals surface area contributed by atoms with Crippen LogP contribution in [0.15, 0.2) is 72.8 Å². The molecule has 0 saturated heterocycles. The number of aryl methyl sites for hydroxylation is 1. The molecule has 9 heteroatoms. The average Bonchev–Trinajstić information content (AvgIpc) is 3.40. The van der Waals surface area contributed by atoms with Gasteiger partial charge in [0.05, 0.1) is 23.3 Å². The van der Waals surface area contributed by atoms with Gasteiger partial charge in [-0.15, -0.1) is 0 Å². The molecule has 43 heavy (non-hydrogen) atoms. The number of hydrogen-bond donors (Lipinski definition) is 3. The second-order valence-electron chi connectivity index (χ2n) is 10.5. The van der Waals surface area contributed by atoms with Crippen LogP contribution in [0.2, 0.25) is 5.02 Å². The van der Waals surface area contributed by atoms with Crippen LogP contribution in [0.4, 0.5) is 4.39 Å². The van der Waals surface area contributed by atoms with Gasteiger partial charge in [-0.25, -0.2) is 4.39 Å². The Morgan fingerprint density at radius 3 is 2.65 bits per heavy atom. The topological polar surface area (TPSA) is 112 Å². The van der Waals surface area contributed by atoms with E-state index in [0.717, 1.165) is 27.8 Å². The van der Waals surface area contributed by atoms with E-state index in [4.69, 9.17) is 21.1 Å². The lowest BCUT2D eigenvalue weighted by atomic mass is 9.96. The molecule has 0 spiro atoms. The number of carboxylic acid groups (broad SMARTS) is 1. The molecular formula is C34H30ClFN2O5. The first-order valence-corrected chi connectivity index (χ1v) is 14.2. The Hall–Kier alpha value is -4.42. The van der Waals surface area contributed by atoms with E-state index >= 15 is 0 Å². The van der Waals surface area contributed by atoms with Gasteiger partial charge in [0.2, 0.25) is 0 Å². The van der Waals surface area contributed by atoms with Crippen molar-refractivity contribution in [2.45, 2.75) is 45.1 Å². The number of aliphatic hydroxyl groups is 1. The molecule has 4 aromatic rings. The number of ether oxygens (including phenoxy) is 2. The Morgan fingerprint density at radius 2 is 1.91 bits per heavy atom. The molecule has 0 bridgehead atoms. The van der Waals surface area contributed by atoms with Crippen LogP contribution in [0.1, 0.15) is 45.9 Å². The number of carbonyl (C=O) groups is 1. The zero-order valence-electron chi connectivity index (χ0n) is 23.4. The van der Waals surface area contributed by atoms with E-state index in [0.29, 0.717) is 46.1 Å². The van der Waals surface area contributed by atoms with Crippen molar-refractivity contribution >= 4 is 17.6 Å². The number of aliphatic carboxylic acids is 1. The highest BCUT2D eigenvalue weighted by Crippen LogP contribution is 2.43. The molecular weight excluding hydrogens is 571 g/mol. The number of nitrogens with one attached hydrogen (secondary N) is 1. The number of rotatable bonds is 11. The van der Waals surface area contributed by atoms with Crippen molar-refractivity contribution in [1.29, 1.82) is 5.26 Å². The summed E-state index contributed by atoms with van der Waals surface area (Å²) >= 11 is 6.68. The molecule has 220 valence electrons. The highest BCUT2D eigenvalue weighted by Gasteiger charge is 2.28. The summed E-state index contributed by atoms with van der Waals surface area (Å²) in [6.45, 7) is 1.51. The summed E-state index contributed by atoms with van der Waals surface area (Å²) in [6, 6.07) is 22.2. The molecule has 0 aromatic heterocycles. The molecule has 0 fully saturated rings. The van der Waals surface area contributed by atoms with Crippen molar-refractivity contribution < 1.29 is 28.9 Å². The Balaban J connectivity index is 1.44. The van der Waals surface area contributed by atoms with Crippen LogP contribution in [0, 0.1) is 24.1 Å². The van der Waals surface area contributed by atoms with E-state index in [1.54, 1.807) is 36.4 Å². The molecule has 2 atom stereocenters. The molecule has 0 amide bonds. The Labute approximate surface area is 254 Å². The van der Waals surface area contributed by atoms with Gasteiger partial charge >= 0.3 is 5.97 Å². The normalized spacial score (nSPS) is 14.5. The van der Waals surface area contributed by atoms with Crippen LogP contribution in [-0.4, -0.2) is 28.8 Å². The number of carboxylic acids is 1. The molecule has 5 rings (SSSR count). The first kappa shape index (κ1) is 30.1. The first-order valence-electron chi connectivity index (χ1n) is 13.8. The molecule has 0 unspecified atom stereocenters. The zero-order chi connectivity index (χ0) is 30.5. The molecule has 7 nitrogen and oxygen atoms in total. The van der Waals surface area contributed by atoms with Gasteiger partial charge in [0, 0.05) is 23.7 Å². The summed E-state index contributed by atoms with van der Waals surface area (Å²) in [6.07, 6.45) is 1.06. The largest absolute Gasteiger partial charge is 0.488 e. The predicted molar refractivity (Wildman–Crippen MR) is 161 cm³/mol. The third-order valence-electron chi connectivity index (χ3n) is 7.44. The van der Waals surface area contributed by atoms with E-state index in [2.05, 4.69) is 11.4 Å². The van der Waals surface area contributed by atoms with Gasteiger partial charge in [0.15, 0.2) is 0 Å². The summed E-state index contributed by atoms with van der Waals surface area (Å²) in [7, 11) is 0. The van der Waals surface area contributed by atoms with Crippen molar-refractivity contribution in [2.75, 3.05) is 6.61 Å². The Kier molecular flexibility index (Phi) is 9.27. The standard InChI is InChI=1S/C34H30ClFN2O5/c1-20-11-21(16-37)13-22(12-20)19-42-32-15-33(28(35)14-23(32)17-38-30(18-39)34(40)41)43-31-10-9-25-24(6-4-7-27(25)31)26-5-2-3-8-29(26)36/h2-8,11-15,30-31,38-39H,9-10,17-19H2,1H3,(H,40,41)/t30-,31-/m0/s1. The summed E-state index contributed by atoms with van der Waals surface area (Å²) in [4.78, 5) is 11.4. The number of hydrogen-bond acceptors (Lipinski definition) is 6. The second kappa shape index (κ2) is 13.3. The van der Waals surface area contributed by atoms with Gasteiger partial charge in [0.25, 0.3) is 0 Å². The van der Waals surface area contributed by atoms with Crippen LogP contribution in [0.25, 0.3) is 11.1 Å². The maximum Gasteiger partial charge on any atom is 0.323 e.